The number of anilines is 1. The van der Waals surface area contributed by atoms with Crippen molar-refractivity contribution < 1.29 is 4.79 Å². The Labute approximate surface area is 129 Å². The molecule has 1 rings (SSSR count). The van der Waals surface area contributed by atoms with Gasteiger partial charge in [0.15, 0.2) is 0 Å². The van der Waals surface area contributed by atoms with Crippen LogP contribution in [0.15, 0.2) is 18.2 Å². The molecular weight excluding hydrogens is 260 g/mol. The number of hydrogen-bond acceptors (Lipinski definition) is 2. The highest BCUT2D eigenvalue weighted by Gasteiger charge is 2.14. The lowest BCUT2D eigenvalue weighted by atomic mass is 10.0. The molecule has 3 heteroatoms. The molecule has 1 atom stereocenters. The predicted octanol–water partition coefficient (Wildman–Crippen LogP) is 4.52. The van der Waals surface area contributed by atoms with E-state index in [0.29, 0.717) is 6.04 Å². The van der Waals surface area contributed by atoms with Crippen molar-refractivity contribution >= 4 is 11.6 Å². The van der Waals surface area contributed by atoms with Gasteiger partial charge in [-0.15, -0.1) is 0 Å². The number of carbonyl (C=O) groups is 1. The Morgan fingerprint density at radius 2 is 1.90 bits per heavy atom. The second kappa shape index (κ2) is 9.43. The molecule has 21 heavy (non-hydrogen) atoms. The zero-order valence-electron chi connectivity index (χ0n) is 14.0. The number of rotatable bonds is 9. The van der Waals surface area contributed by atoms with Gasteiger partial charge in [0.25, 0.3) is 5.91 Å². The summed E-state index contributed by atoms with van der Waals surface area (Å²) in [6.45, 7) is 9.31. The van der Waals surface area contributed by atoms with Gasteiger partial charge in [0.2, 0.25) is 0 Å². The third-order valence-corrected chi connectivity index (χ3v) is 3.73. The van der Waals surface area contributed by atoms with Crippen LogP contribution in [0.5, 0.6) is 0 Å². The molecule has 1 amide bonds. The van der Waals surface area contributed by atoms with E-state index in [2.05, 4.69) is 31.4 Å². The molecule has 1 aromatic rings. The summed E-state index contributed by atoms with van der Waals surface area (Å²) < 4.78 is 0. The SMILES string of the molecule is CCCCC(CCC)NC(=O)c1ccc(NCC)cc1C. The van der Waals surface area contributed by atoms with E-state index in [1.165, 1.54) is 12.8 Å². The molecule has 1 unspecified atom stereocenters. The van der Waals surface area contributed by atoms with Gasteiger partial charge in [0, 0.05) is 23.8 Å². The van der Waals surface area contributed by atoms with Crippen LogP contribution in [0.25, 0.3) is 0 Å². The number of unbranched alkanes of at least 4 members (excludes halogenated alkanes) is 1. The Morgan fingerprint density at radius 3 is 2.48 bits per heavy atom. The molecule has 0 saturated heterocycles. The number of aryl methyl sites for hydroxylation is 1. The summed E-state index contributed by atoms with van der Waals surface area (Å²) in [6.07, 6.45) is 5.58. The molecule has 0 aliphatic rings. The van der Waals surface area contributed by atoms with Crippen LogP contribution in [0.1, 0.15) is 68.8 Å². The van der Waals surface area contributed by atoms with Gasteiger partial charge in [-0.05, 0) is 50.5 Å². The first-order valence-electron chi connectivity index (χ1n) is 8.27. The van der Waals surface area contributed by atoms with Crippen LogP contribution in [0, 0.1) is 6.92 Å². The third kappa shape index (κ3) is 5.78. The molecule has 118 valence electrons. The lowest BCUT2D eigenvalue weighted by Crippen LogP contribution is -2.35. The second-order valence-corrected chi connectivity index (χ2v) is 5.66. The van der Waals surface area contributed by atoms with E-state index < -0.39 is 0 Å². The molecule has 0 aliphatic heterocycles. The van der Waals surface area contributed by atoms with E-state index in [9.17, 15) is 4.79 Å². The van der Waals surface area contributed by atoms with Crippen LogP contribution in [0.4, 0.5) is 5.69 Å². The fraction of sp³-hybridized carbons (Fsp3) is 0.611. The summed E-state index contributed by atoms with van der Waals surface area (Å²) in [5, 5.41) is 6.47. The average Bonchev–Trinajstić information content (AvgIpc) is 2.45. The highest BCUT2D eigenvalue weighted by molar-refractivity contribution is 5.96. The van der Waals surface area contributed by atoms with Crippen molar-refractivity contribution in [2.45, 2.75) is 65.8 Å². The molecule has 0 radical (unpaired) electrons. The summed E-state index contributed by atoms with van der Waals surface area (Å²) >= 11 is 0. The lowest BCUT2D eigenvalue weighted by Gasteiger charge is -2.19. The maximum Gasteiger partial charge on any atom is 0.251 e. The fourth-order valence-electron chi connectivity index (χ4n) is 2.58. The van der Waals surface area contributed by atoms with Gasteiger partial charge < -0.3 is 10.6 Å². The van der Waals surface area contributed by atoms with Gasteiger partial charge in [-0.25, -0.2) is 0 Å². The Morgan fingerprint density at radius 1 is 1.14 bits per heavy atom. The van der Waals surface area contributed by atoms with Crippen molar-refractivity contribution in [1.29, 1.82) is 0 Å². The minimum atomic E-state index is 0.0603. The molecule has 0 bridgehead atoms. The summed E-state index contributed by atoms with van der Waals surface area (Å²) in [4.78, 5) is 12.5. The maximum atomic E-state index is 12.5. The summed E-state index contributed by atoms with van der Waals surface area (Å²) in [5.74, 6) is 0.0603. The van der Waals surface area contributed by atoms with Gasteiger partial charge in [-0.2, -0.15) is 0 Å². The van der Waals surface area contributed by atoms with Crippen molar-refractivity contribution in [2.24, 2.45) is 0 Å². The van der Waals surface area contributed by atoms with Crippen molar-refractivity contribution in [2.75, 3.05) is 11.9 Å². The minimum absolute atomic E-state index is 0.0603. The first-order chi connectivity index (χ1) is 10.1. The molecule has 0 aliphatic carbocycles. The maximum absolute atomic E-state index is 12.5. The highest BCUT2D eigenvalue weighted by Crippen LogP contribution is 2.16. The molecule has 0 aromatic heterocycles. The topological polar surface area (TPSA) is 41.1 Å². The quantitative estimate of drug-likeness (QED) is 0.702. The lowest BCUT2D eigenvalue weighted by molar-refractivity contribution is 0.0931. The molecule has 1 aromatic carbocycles. The molecule has 0 fully saturated rings. The smallest absolute Gasteiger partial charge is 0.251 e. The van der Waals surface area contributed by atoms with Crippen LogP contribution < -0.4 is 10.6 Å². The Balaban J connectivity index is 2.72. The van der Waals surface area contributed by atoms with Crippen molar-refractivity contribution in [1.82, 2.24) is 5.32 Å². The van der Waals surface area contributed by atoms with Gasteiger partial charge in [0.1, 0.15) is 0 Å². The van der Waals surface area contributed by atoms with Crippen molar-refractivity contribution in [3.63, 3.8) is 0 Å². The molecular formula is C18H30N2O. The van der Waals surface area contributed by atoms with E-state index in [1.54, 1.807) is 0 Å². The van der Waals surface area contributed by atoms with Crippen molar-refractivity contribution in [3.8, 4) is 0 Å². The van der Waals surface area contributed by atoms with Crippen LogP contribution in [-0.4, -0.2) is 18.5 Å². The van der Waals surface area contributed by atoms with Crippen LogP contribution in [0.2, 0.25) is 0 Å². The normalized spacial score (nSPS) is 12.0. The number of nitrogens with one attached hydrogen (secondary N) is 2. The van der Waals surface area contributed by atoms with Crippen LogP contribution in [0.3, 0.4) is 0 Å². The highest BCUT2D eigenvalue weighted by atomic mass is 16.1. The number of amides is 1. The zero-order chi connectivity index (χ0) is 15.7. The van der Waals surface area contributed by atoms with Gasteiger partial charge in [-0.1, -0.05) is 33.1 Å². The van der Waals surface area contributed by atoms with Crippen LogP contribution >= 0.6 is 0 Å². The number of hydrogen-bond donors (Lipinski definition) is 2. The van der Waals surface area contributed by atoms with E-state index in [-0.39, 0.29) is 5.91 Å². The fourth-order valence-corrected chi connectivity index (χ4v) is 2.58. The van der Waals surface area contributed by atoms with Crippen molar-refractivity contribution in [3.05, 3.63) is 29.3 Å². The Hall–Kier alpha value is -1.51. The predicted molar refractivity (Wildman–Crippen MR) is 91.0 cm³/mol. The molecule has 0 saturated carbocycles. The van der Waals surface area contributed by atoms with Crippen LogP contribution in [-0.2, 0) is 0 Å². The molecule has 3 nitrogen and oxygen atoms in total. The van der Waals surface area contributed by atoms with Gasteiger partial charge >= 0.3 is 0 Å². The average molecular weight is 290 g/mol. The Bertz CT molecular complexity index is 443. The third-order valence-electron chi connectivity index (χ3n) is 3.73. The largest absolute Gasteiger partial charge is 0.385 e. The van der Waals surface area contributed by atoms with E-state index in [1.807, 2.05) is 25.1 Å². The number of carbonyl (C=O) groups excluding carboxylic acids is 1. The summed E-state index contributed by atoms with van der Waals surface area (Å²) in [6, 6.07) is 6.24. The summed E-state index contributed by atoms with van der Waals surface area (Å²) in [7, 11) is 0. The van der Waals surface area contributed by atoms with Gasteiger partial charge in [0.05, 0.1) is 0 Å². The van der Waals surface area contributed by atoms with E-state index in [4.69, 9.17) is 0 Å². The minimum Gasteiger partial charge on any atom is -0.385 e. The monoisotopic (exact) mass is 290 g/mol. The second-order valence-electron chi connectivity index (χ2n) is 5.66. The Kier molecular flexibility index (Phi) is 7.88. The van der Waals surface area contributed by atoms with E-state index in [0.717, 1.165) is 42.6 Å². The molecule has 0 heterocycles. The standard InChI is InChI=1S/C18H30N2O/c1-5-8-10-15(9-6-2)20-18(21)17-12-11-16(19-7-3)13-14(17)4/h11-13,15,19H,5-10H2,1-4H3,(H,20,21). The molecule has 0 spiro atoms. The summed E-state index contributed by atoms with van der Waals surface area (Å²) in [5.41, 5.74) is 2.88. The zero-order valence-corrected chi connectivity index (χ0v) is 14.0. The van der Waals surface area contributed by atoms with E-state index >= 15 is 0 Å². The first kappa shape index (κ1) is 17.5. The number of benzene rings is 1. The van der Waals surface area contributed by atoms with Gasteiger partial charge in [-0.3, -0.25) is 4.79 Å². The first-order valence-corrected chi connectivity index (χ1v) is 8.27. The molecule has 2 N–H and O–H groups in total.